The zero-order valence-electron chi connectivity index (χ0n) is 9.80. The second-order valence-electron chi connectivity index (χ2n) is 3.98. The molecule has 1 aromatic rings. The molecule has 0 saturated carbocycles. The van der Waals surface area contributed by atoms with Gasteiger partial charge in [-0.05, 0) is 20.8 Å². The minimum absolute atomic E-state index is 0.325. The third kappa shape index (κ3) is 2.98. The molecule has 0 aromatic carbocycles. The van der Waals surface area contributed by atoms with Gasteiger partial charge in [0.15, 0.2) is 0 Å². The largest absolute Gasteiger partial charge is 0.408 e. The maximum absolute atomic E-state index is 12.3. The van der Waals surface area contributed by atoms with Gasteiger partial charge in [0.25, 0.3) is 0 Å². The number of nitrogens with two attached hydrogens (primary N) is 1. The zero-order chi connectivity index (χ0) is 13.4. The quantitative estimate of drug-likeness (QED) is 0.885. The molecule has 17 heavy (non-hydrogen) atoms. The number of rotatable bonds is 3. The van der Waals surface area contributed by atoms with Gasteiger partial charge >= 0.3 is 6.18 Å². The van der Waals surface area contributed by atoms with Gasteiger partial charge in [-0.25, -0.2) is 0 Å². The van der Waals surface area contributed by atoms with E-state index in [9.17, 15) is 18.0 Å². The molecule has 2 N–H and O–H groups in total. The standard InChI is InChI=1S/C10H14F3N3O/c1-5(9(14)17)8-6(2)15-16(7(8)3)4-10(11,12)13/h5H,4H2,1-3H3,(H2,14,17). The van der Waals surface area contributed by atoms with Gasteiger partial charge in [-0.1, -0.05) is 0 Å². The average Bonchev–Trinajstić information content (AvgIpc) is 2.38. The van der Waals surface area contributed by atoms with Crippen LogP contribution in [-0.4, -0.2) is 21.9 Å². The van der Waals surface area contributed by atoms with Crippen molar-refractivity contribution in [2.24, 2.45) is 5.73 Å². The van der Waals surface area contributed by atoms with Gasteiger partial charge in [0, 0.05) is 11.3 Å². The van der Waals surface area contributed by atoms with Crippen LogP contribution in [0.3, 0.4) is 0 Å². The van der Waals surface area contributed by atoms with Crippen LogP contribution in [0.15, 0.2) is 0 Å². The fourth-order valence-electron chi connectivity index (χ4n) is 1.80. The summed E-state index contributed by atoms with van der Waals surface area (Å²) in [6, 6.07) is 0. The highest BCUT2D eigenvalue weighted by molar-refractivity contribution is 5.82. The SMILES string of the molecule is Cc1nn(CC(F)(F)F)c(C)c1C(C)C(N)=O. The van der Waals surface area contributed by atoms with Crippen molar-refractivity contribution in [1.29, 1.82) is 0 Å². The molecule has 1 aromatic heterocycles. The fraction of sp³-hybridized carbons (Fsp3) is 0.600. The van der Waals surface area contributed by atoms with Crippen LogP contribution in [0.4, 0.5) is 13.2 Å². The smallest absolute Gasteiger partial charge is 0.369 e. The normalized spacial score (nSPS) is 13.8. The predicted octanol–water partition coefficient (Wildman–Crippen LogP) is 1.65. The Bertz CT molecular complexity index is 437. The van der Waals surface area contributed by atoms with Gasteiger partial charge in [0.05, 0.1) is 11.6 Å². The Labute approximate surface area is 96.6 Å². The van der Waals surface area contributed by atoms with Gasteiger partial charge in [0.2, 0.25) is 5.91 Å². The monoisotopic (exact) mass is 249 g/mol. The molecule has 0 aliphatic carbocycles. The highest BCUT2D eigenvalue weighted by Gasteiger charge is 2.31. The minimum atomic E-state index is -4.34. The second kappa shape index (κ2) is 4.38. The van der Waals surface area contributed by atoms with E-state index in [1.807, 2.05) is 0 Å². The highest BCUT2D eigenvalue weighted by Crippen LogP contribution is 2.25. The van der Waals surface area contributed by atoms with Crippen LogP contribution in [0.2, 0.25) is 0 Å². The molecule has 1 rings (SSSR count). The number of aryl methyl sites for hydroxylation is 1. The molecule has 0 spiro atoms. The summed E-state index contributed by atoms with van der Waals surface area (Å²) in [5.74, 6) is -1.22. The van der Waals surface area contributed by atoms with Crippen molar-refractivity contribution >= 4 is 5.91 Å². The van der Waals surface area contributed by atoms with Crippen LogP contribution in [0.1, 0.15) is 29.8 Å². The van der Waals surface area contributed by atoms with Gasteiger partial charge < -0.3 is 5.73 Å². The number of primary amides is 1. The molecule has 4 nitrogen and oxygen atoms in total. The lowest BCUT2D eigenvalue weighted by Gasteiger charge is -2.10. The summed E-state index contributed by atoms with van der Waals surface area (Å²) < 4.78 is 37.7. The molecule has 0 radical (unpaired) electrons. The van der Waals surface area contributed by atoms with Gasteiger partial charge in [-0.3, -0.25) is 9.48 Å². The first-order valence-electron chi connectivity index (χ1n) is 5.03. The Morgan fingerprint density at radius 1 is 1.47 bits per heavy atom. The molecule has 96 valence electrons. The maximum Gasteiger partial charge on any atom is 0.408 e. The Kier molecular flexibility index (Phi) is 3.49. The van der Waals surface area contributed by atoms with Crippen molar-refractivity contribution < 1.29 is 18.0 Å². The molecule has 7 heteroatoms. The third-order valence-corrected chi connectivity index (χ3v) is 2.63. The molecule has 0 aliphatic heterocycles. The van der Waals surface area contributed by atoms with Gasteiger partial charge in [-0.15, -0.1) is 0 Å². The van der Waals surface area contributed by atoms with E-state index in [1.165, 1.54) is 6.92 Å². The van der Waals surface area contributed by atoms with Crippen molar-refractivity contribution in [1.82, 2.24) is 9.78 Å². The van der Waals surface area contributed by atoms with E-state index in [1.54, 1.807) is 13.8 Å². The number of nitrogens with zero attached hydrogens (tertiary/aromatic N) is 2. The van der Waals surface area contributed by atoms with Crippen molar-refractivity contribution in [3.63, 3.8) is 0 Å². The summed E-state index contributed by atoms with van der Waals surface area (Å²) in [6.07, 6.45) is -4.34. The molecular weight excluding hydrogens is 235 g/mol. The average molecular weight is 249 g/mol. The number of amides is 1. The van der Waals surface area contributed by atoms with E-state index < -0.39 is 24.5 Å². The molecule has 1 unspecified atom stereocenters. The summed E-state index contributed by atoms with van der Waals surface area (Å²) >= 11 is 0. The van der Waals surface area contributed by atoms with Crippen molar-refractivity contribution in [3.05, 3.63) is 17.0 Å². The van der Waals surface area contributed by atoms with E-state index in [2.05, 4.69) is 5.10 Å². The van der Waals surface area contributed by atoms with Crippen molar-refractivity contribution in [2.75, 3.05) is 0 Å². The van der Waals surface area contributed by atoms with Gasteiger partial charge in [0.1, 0.15) is 6.54 Å². The number of alkyl halides is 3. The van der Waals surface area contributed by atoms with Crippen LogP contribution in [0.25, 0.3) is 0 Å². The number of carbonyl (C=O) groups is 1. The lowest BCUT2D eigenvalue weighted by Crippen LogP contribution is -2.21. The summed E-state index contributed by atoms with van der Waals surface area (Å²) in [5.41, 5.74) is 6.34. The summed E-state index contributed by atoms with van der Waals surface area (Å²) in [6.45, 7) is 3.46. The Balaban J connectivity index is 3.14. The molecule has 0 saturated heterocycles. The van der Waals surface area contributed by atoms with Crippen LogP contribution < -0.4 is 5.73 Å². The zero-order valence-corrected chi connectivity index (χ0v) is 9.80. The molecular formula is C10H14F3N3O. The van der Waals surface area contributed by atoms with Crippen molar-refractivity contribution in [3.8, 4) is 0 Å². The number of aromatic nitrogens is 2. The first kappa shape index (κ1) is 13.5. The Hall–Kier alpha value is -1.53. The van der Waals surface area contributed by atoms with Crippen LogP contribution >= 0.6 is 0 Å². The van der Waals surface area contributed by atoms with Gasteiger partial charge in [-0.2, -0.15) is 18.3 Å². The fourth-order valence-corrected chi connectivity index (χ4v) is 1.80. The first-order chi connectivity index (χ1) is 7.63. The van der Waals surface area contributed by atoms with E-state index in [0.717, 1.165) is 4.68 Å². The second-order valence-corrected chi connectivity index (χ2v) is 3.98. The topological polar surface area (TPSA) is 60.9 Å². The Morgan fingerprint density at radius 3 is 2.41 bits per heavy atom. The summed E-state index contributed by atoms with van der Waals surface area (Å²) in [5, 5.41) is 3.79. The highest BCUT2D eigenvalue weighted by atomic mass is 19.4. The van der Waals surface area contributed by atoms with Crippen LogP contribution in [0, 0.1) is 13.8 Å². The lowest BCUT2D eigenvalue weighted by atomic mass is 9.99. The maximum atomic E-state index is 12.3. The summed E-state index contributed by atoms with van der Waals surface area (Å²) in [4.78, 5) is 11.1. The van der Waals surface area contributed by atoms with Crippen LogP contribution in [-0.2, 0) is 11.3 Å². The number of carbonyl (C=O) groups excluding carboxylic acids is 1. The minimum Gasteiger partial charge on any atom is -0.369 e. The van der Waals surface area contributed by atoms with E-state index in [4.69, 9.17) is 5.73 Å². The number of hydrogen-bond acceptors (Lipinski definition) is 2. The van der Waals surface area contributed by atoms with Crippen LogP contribution in [0.5, 0.6) is 0 Å². The lowest BCUT2D eigenvalue weighted by molar-refractivity contribution is -0.142. The number of hydrogen-bond donors (Lipinski definition) is 1. The molecule has 1 atom stereocenters. The van der Waals surface area contributed by atoms with E-state index in [0.29, 0.717) is 17.0 Å². The predicted molar refractivity (Wildman–Crippen MR) is 55.4 cm³/mol. The first-order valence-corrected chi connectivity index (χ1v) is 5.03. The Morgan fingerprint density at radius 2 is 2.00 bits per heavy atom. The molecule has 0 fully saturated rings. The van der Waals surface area contributed by atoms with E-state index >= 15 is 0 Å². The van der Waals surface area contributed by atoms with E-state index in [-0.39, 0.29) is 0 Å². The molecule has 1 heterocycles. The molecule has 1 amide bonds. The summed E-state index contributed by atoms with van der Waals surface area (Å²) in [7, 11) is 0. The third-order valence-electron chi connectivity index (χ3n) is 2.63. The van der Waals surface area contributed by atoms with Crippen molar-refractivity contribution in [2.45, 2.75) is 39.4 Å². The molecule has 0 aliphatic rings. The number of halogens is 3. The molecule has 0 bridgehead atoms.